The number of hydrogen-bond donors (Lipinski definition) is 2. The summed E-state index contributed by atoms with van der Waals surface area (Å²) in [5, 5.41) is 3.35. The molecule has 1 aliphatic heterocycles. The molecule has 0 radical (unpaired) electrons. The van der Waals surface area contributed by atoms with Crippen LogP contribution in [0.2, 0.25) is 0 Å². The summed E-state index contributed by atoms with van der Waals surface area (Å²) in [4.78, 5) is 15.1. The van der Waals surface area contributed by atoms with E-state index in [1.807, 2.05) is 35.2 Å². The Labute approximate surface area is 197 Å². The second kappa shape index (κ2) is 10.1. The average Bonchev–Trinajstić information content (AvgIpc) is 2.84. The molecule has 2 N–H and O–H groups in total. The van der Waals surface area contributed by atoms with E-state index in [9.17, 15) is 26.4 Å². The molecule has 34 heavy (non-hydrogen) atoms. The molecule has 2 aromatic carbocycles. The summed E-state index contributed by atoms with van der Waals surface area (Å²) in [6, 6.07) is 13.0. The Morgan fingerprint density at radius 1 is 0.971 bits per heavy atom. The fourth-order valence-electron chi connectivity index (χ4n) is 4.74. The van der Waals surface area contributed by atoms with Crippen molar-refractivity contribution < 1.29 is 26.4 Å². The molecule has 1 saturated carbocycles. The van der Waals surface area contributed by atoms with Gasteiger partial charge in [-0.3, -0.25) is 4.79 Å². The van der Waals surface area contributed by atoms with Crippen LogP contribution in [-0.2, 0) is 21.0 Å². The van der Waals surface area contributed by atoms with Crippen LogP contribution in [0.15, 0.2) is 59.5 Å². The van der Waals surface area contributed by atoms with E-state index in [2.05, 4.69) is 10.0 Å². The molecular weight excluding hydrogens is 467 g/mol. The predicted molar refractivity (Wildman–Crippen MR) is 121 cm³/mol. The smallest absolute Gasteiger partial charge is 0.333 e. The summed E-state index contributed by atoms with van der Waals surface area (Å²) in [6.45, 7) is 2.05. The van der Waals surface area contributed by atoms with Gasteiger partial charge in [0, 0.05) is 31.6 Å². The number of benzene rings is 2. The molecule has 10 heteroatoms. The maximum atomic E-state index is 13.3. The number of alkyl halides is 3. The Bertz CT molecular complexity index is 1080. The van der Waals surface area contributed by atoms with Crippen molar-refractivity contribution in [1.29, 1.82) is 0 Å². The molecule has 0 spiro atoms. The Balaban J connectivity index is 1.36. The molecule has 1 aliphatic carbocycles. The minimum absolute atomic E-state index is 0.0293. The summed E-state index contributed by atoms with van der Waals surface area (Å²) in [6.07, 6.45) is -2.41. The van der Waals surface area contributed by atoms with Crippen molar-refractivity contribution in [2.24, 2.45) is 5.92 Å². The molecule has 1 unspecified atom stereocenters. The first kappa shape index (κ1) is 24.7. The van der Waals surface area contributed by atoms with E-state index in [1.54, 1.807) is 0 Å². The van der Waals surface area contributed by atoms with E-state index in [1.165, 1.54) is 0 Å². The molecule has 6 nitrogen and oxygen atoms in total. The lowest BCUT2D eigenvalue weighted by Gasteiger charge is -2.40. The molecule has 2 aromatic rings. The number of carbonyl (C=O) groups is 1. The van der Waals surface area contributed by atoms with Crippen LogP contribution >= 0.6 is 0 Å². The molecule has 2 fully saturated rings. The van der Waals surface area contributed by atoms with Crippen molar-refractivity contribution in [3.05, 3.63) is 65.7 Å². The lowest BCUT2D eigenvalue weighted by molar-refractivity contribution is -0.140. The van der Waals surface area contributed by atoms with Crippen molar-refractivity contribution in [3.63, 3.8) is 0 Å². The Kier molecular flexibility index (Phi) is 7.30. The first-order valence-corrected chi connectivity index (χ1v) is 12.9. The predicted octanol–water partition coefficient (Wildman–Crippen LogP) is 3.72. The molecular formula is C24H28F3N3O3S. The van der Waals surface area contributed by atoms with E-state index in [-0.39, 0.29) is 28.8 Å². The maximum absolute atomic E-state index is 13.3. The fourth-order valence-corrected chi connectivity index (χ4v) is 6.05. The molecule has 0 bridgehead atoms. The zero-order chi connectivity index (χ0) is 24.3. The van der Waals surface area contributed by atoms with Gasteiger partial charge in [0.05, 0.1) is 16.5 Å². The molecule has 1 atom stereocenters. The Morgan fingerprint density at radius 2 is 1.62 bits per heavy atom. The van der Waals surface area contributed by atoms with E-state index in [0.717, 1.165) is 36.4 Å². The van der Waals surface area contributed by atoms with E-state index < -0.39 is 21.8 Å². The third-order valence-corrected chi connectivity index (χ3v) is 8.14. The molecule has 1 saturated heterocycles. The highest BCUT2D eigenvalue weighted by molar-refractivity contribution is 7.89. The van der Waals surface area contributed by atoms with E-state index in [4.69, 9.17) is 0 Å². The van der Waals surface area contributed by atoms with Gasteiger partial charge in [-0.1, -0.05) is 30.3 Å². The van der Waals surface area contributed by atoms with Gasteiger partial charge in [0.15, 0.2) is 0 Å². The van der Waals surface area contributed by atoms with Crippen LogP contribution in [0, 0.1) is 5.92 Å². The highest BCUT2D eigenvalue weighted by Gasteiger charge is 2.36. The van der Waals surface area contributed by atoms with Crippen LogP contribution in [0.25, 0.3) is 0 Å². The lowest BCUT2D eigenvalue weighted by atomic mass is 9.85. The number of halogens is 3. The van der Waals surface area contributed by atoms with Gasteiger partial charge in [-0.15, -0.1) is 0 Å². The SMILES string of the molecule is O=C(C1CCC(NS(=O)(=O)c2ccc(C(F)(F)F)cc2)CC1)N1CCNCC1c1ccccc1. The summed E-state index contributed by atoms with van der Waals surface area (Å²) in [5.74, 6) is -0.0736. The highest BCUT2D eigenvalue weighted by Crippen LogP contribution is 2.32. The van der Waals surface area contributed by atoms with Crippen LogP contribution in [0.1, 0.15) is 42.9 Å². The van der Waals surface area contributed by atoms with Gasteiger partial charge in [-0.2, -0.15) is 13.2 Å². The van der Waals surface area contributed by atoms with Crippen molar-refractivity contribution in [3.8, 4) is 0 Å². The van der Waals surface area contributed by atoms with Crippen LogP contribution in [0.3, 0.4) is 0 Å². The number of hydrogen-bond acceptors (Lipinski definition) is 4. The number of amides is 1. The standard InChI is InChI=1S/C24H28F3N3O3S/c25-24(26,27)19-8-12-21(13-9-19)34(32,33)29-20-10-6-18(7-11-20)23(31)30-15-14-28-16-22(30)17-4-2-1-3-5-17/h1-5,8-9,12-13,18,20,22,28-29H,6-7,10-11,14-16H2. The van der Waals surface area contributed by atoms with Gasteiger partial charge in [0.2, 0.25) is 15.9 Å². The van der Waals surface area contributed by atoms with Crippen LogP contribution in [0.5, 0.6) is 0 Å². The Morgan fingerprint density at radius 3 is 2.24 bits per heavy atom. The lowest BCUT2D eigenvalue weighted by Crippen LogP contribution is -2.51. The van der Waals surface area contributed by atoms with Gasteiger partial charge in [-0.05, 0) is 55.5 Å². The summed E-state index contributed by atoms with van der Waals surface area (Å²) >= 11 is 0. The normalized spacial score (nSPS) is 24.1. The van der Waals surface area contributed by atoms with Gasteiger partial charge in [0.1, 0.15) is 0 Å². The zero-order valence-corrected chi connectivity index (χ0v) is 19.4. The molecule has 1 amide bonds. The quantitative estimate of drug-likeness (QED) is 0.663. The topological polar surface area (TPSA) is 78.5 Å². The number of rotatable bonds is 5. The third-order valence-electron chi connectivity index (χ3n) is 6.60. The summed E-state index contributed by atoms with van der Waals surface area (Å²) in [5.41, 5.74) is 0.188. The molecule has 1 heterocycles. The number of piperazine rings is 1. The fraction of sp³-hybridized carbons (Fsp3) is 0.458. The third kappa shape index (κ3) is 5.61. The van der Waals surface area contributed by atoms with E-state index in [0.29, 0.717) is 38.8 Å². The summed E-state index contributed by atoms with van der Waals surface area (Å²) < 4.78 is 66.1. The minimum atomic E-state index is -4.52. The van der Waals surface area contributed by atoms with Gasteiger partial charge < -0.3 is 10.2 Å². The molecule has 2 aliphatic rings. The molecule has 4 rings (SSSR count). The first-order valence-electron chi connectivity index (χ1n) is 11.4. The number of sulfonamides is 1. The highest BCUT2D eigenvalue weighted by atomic mass is 32.2. The summed E-state index contributed by atoms with van der Waals surface area (Å²) in [7, 11) is -3.95. The zero-order valence-electron chi connectivity index (χ0n) is 18.6. The number of nitrogens with zero attached hydrogens (tertiary/aromatic N) is 1. The van der Waals surface area contributed by atoms with Crippen LogP contribution < -0.4 is 10.0 Å². The van der Waals surface area contributed by atoms with Gasteiger partial charge in [0.25, 0.3) is 0 Å². The second-order valence-electron chi connectivity index (χ2n) is 8.85. The van der Waals surface area contributed by atoms with Crippen molar-refractivity contribution in [2.45, 2.75) is 48.8 Å². The van der Waals surface area contributed by atoms with Crippen LogP contribution in [-0.4, -0.2) is 44.9 Å². The van der Waals surface area contributed by atoms with Crippen molar-refractivity contribution in [2.75, 3.05) is 19.6 Å². The van der Waals surface area contributed by atoms with Gasteiger partial charge >= 0.3 is 6.18 Å². The van der Waals surface area contributed by atoms with Crippen molar-refractivity contribution in [1.82, 2.24) is 14.9 Å². The van der Waals surface area contributed by atoms with E-state index >= 15 is 0 Å². The monoisotopic (exact) mass is 495 g/mol. The molecule has 0 aromatic heterocycles. The van der Waals surface area contributed by atoms with Crippen LogP contribution in [0.4, 0.5) is 13.2 Å². The number of carbonyl (C=O) groups excluding carboxylic acids is 1. The van der Waals surface area contributed by atoms with Gasteiger partial charge in [-0.25, -0.2) is 13.1 Å². The largest absolute Gasteiger partial charge is 0.416 e. The molecule has 184 valence electrons. The number of nitrogens with one attached hydrogen (secondary N) is 2. The van der Waals surface area contributed by atoms with Crippen molar-refractivity contribution >= 4 is 15.9 Å². The maximum Gasteiger partial charge on any atom is 0.416 e. The minimum Gasteiger partial charge on any atom is -0.333 e. The average molecular weight is 496 g/mol. The first-order chi connectivity index (χ1) is 16.1. The second-order valence-corrected chi connectivity index (χ2v) is 10.6. The Hall–Kier alpha value is -2.43.